The van der Waals surface area contributed by atoms with E-state index in [2.05, 4.69) is 5.32 Å². The molecule has 1 unspecified atom stereocenters. The minimum atomic E-state index is -3.38. The van der Waals surface area contributed by atoms with Crippen molar-refractivity contribution >= 4 is 33.4 Å². The van der Waals surface area contributed by atoms with E-state index in [0.29, 0.717) is 17.0 Å². The van der Waals surface area contributed by atoms with Gasteiger partial charge in [0, 0.05) is 18.0 Å². The number of methoxy groups -OCH3 is 1. The zero-order valence-corrected chi connectivity index (χ0v) is 20.0. The van der Waals surface area contributed by atoms with Crippen LogP contribution in [0.3, 0.4) is 0 Å². The van der Waals surface area contributed by atoms with E-state index in [0.717, 1.165) is 11.2 Å². The van der Waals surface area contributed by atoms with Crippen LogP contribution in [0.2, 0.25) is 0 Å². The molecule has 1 atom stereocenters. The van der Waals surface area contributed by atoms with Gasteiger partial charge < -0.3 is 15.0 Å². The fourth-order valence-corrected chi connectivity index (χ4v) is 4.39. The van der Waals surface area contributed by atoms with Crippen molar-refractivity contribution in [2.24, 2.45) is 0 Å². The molecular weight excluding hydrogens is 446 g/mol. The Labute approximate surface area is 193 Å². The van der Waals surface area contributed by atoms with Gasteiger partial charge in [0.15, 0.2) is 9.84 Å². The van der Waals surface area contributed by atoms with Gasteiger partial charge in [0.2, 0.25) is 5.91 Å². The normalized spacial score (nSPS) is 18.4. The molecule has 2 aromatic rings. The predicted octanol–water partition coefficient (Wildman–Crippen LogP) is 2.31. The van der Waals surface area contributed by atoms with Crippen LogP contribution in [0.15, 0.2) is 53.4 Å². The standard InChI is InChI=1S/C23H27N3O6S/c1-15(2)26(17-8-12-19(13-9-17)33(5,30)31)20(27)14-25-21(28)23(3,24-22(25)29)16-6-10-18(32-4)11-7-16/h6-13,15H,14H2,1-5H3,(H,24,29). The number of anilines is 1. The Kier molecular flexibility index (Phi) is 6.51. The molecule has 0 spiro atoms. The van der Waals surface area contributed by atoms with Gasteiger partial charge in [-0.05, 0) is 62.7 Å². The van der Waals surface area contributed by atoms with Crippen LogP contribution in [0.5, 0.6) is 5.75 Å². The summed E-state index contributed by atoms with van der Waals surface area (Å²) in [4.78, 5) is 41.4. The Morgan fingerprint density at radius 2 is 1.67 bits per heavy atom. The second-order valence-corrected chi connectivity index (χ2v) is 10.3. The van der Waals surface area contributed by atoms with Crippen molar-refractivity contribution in [1.29, 1.82) is 0 Å². The van der Waals surface area contributed by atoms with Crippen LogP contribution in [-0.2, 0) is 25.0 Å². The maximum Gasteiger partial charge on any atom is 0.325 e. The van der Waals surface area contributed by atoms with Crippen LogP contribution < -0.4 is 15.0 Å². The third-order valence-corrected chi connectivity index (χ3v) is 6.69. The predicted molar refractivity (Wildman–Crippen MR) is 123 cm³/mol. The quantitative estimate of drug-likeness (QED) is 0.618. The maximum absolute atomic E-state index is 13.2. The number of carbonyl (C=O) groups excluding carboxylic acids is 3. The summed E-state index contributed by atoms with van der Waals surface area (Å²) in [5, 5.41) is 2.68. The number of carbonyl (C=O) groups is 3. The van der Waals surface area contributed by atoms with E-state index >= 15 is 0 Å². The summed E-state index contributed by atoms with van der Waals surface area (Å²) in [6, 6.07) is 11.7. The number of nitrogens with zero attached hydrogens (tertiary/aromatic N) is 2. The topological polar surface area (TPSA) is 113 Å². The molecule has 9 nitrogen and oxygen atoms in total. The van der Waals surface area contributed by atoms with E-state index in [1.807, 2.05) is 0 Å². The molecule has 1 heterocycles. The smallest absolute Gasteiger partial charge is 0.325 e. The van der Waals surface area contributed by atoms with Gasteiger partial charge in [-0.3, -0.25) is 14.5 Å². The van der Waals surface area contributed by atoms with Crippen LogP contribution in [-0.4, -0.2) is 57.1 Å². The van der Waals surface area contributed by atoms with Gasteiger partial charge in [0.1, 0.15) is 17.8 Å². The van der Waals surface area contributed by atoms with Crippen LogP contribution in [0.25, 0.3) is 0 Å². The highest BCUT2D eigenvalue weighted by atomic mass is 32.2. The molecule has 0 aromatic heterocycles. The molecule has 33 heavy (non-hydrogen) atoms. The first-order valence-corrected chi connectivity index (χ1v) is 12.2. The van der Waals surface area contributed by atoms with Gasteiger partial charge in [-0.25, -0.2) is 13.2 Å². The Morgan fingerprint density at radius 3 is 2.15 bits per heavy atom. The van der Waals surface area contributed by atoms with E-state index in [1.54, 1.807) is 45.0 Å². The second-order valence-electron chi connectivity index (χ2n) is 8.30. The molecule has 1 aliphatic heterocycles. The molecule has 1 N–H and O–H groups in total. The number of rotatable bonds is 7. The molecule has 0 saturated carbocycles. The average molecular weight is 474 g/mol. The minimum Gasteiger partial charge on any atom is -0.497 e. The third-order valence-electron chi connectivity index (χ3n) is 5.56. The first-order chi connectivity index (χ1) is 15.4. The Bertz CT molecular complexity index is 1180. The minimum absolute atomic E-state index is 0.131. The molecule has 0 aliphatic carbocycles. The van der Waals surface area contributed by atoms with E-state index < -0.39 is 39.8 Å². The van der Waals surface area contributed by atoms with Crippen molar-refractivity contribution < 1.29 is 27.5 Å². The van der Waals surface area contributed by atoms with Crippen molar-refractivity contribution in [1.82, 2.24) is 10.2 Å². The highest BCUT2D eigenvalue weighted by molar-refractivity contribution is 7.90. The summed E-state index contributed by atoms with van der Waals surface area (Å²) < 4.78 is 28.6. The lowest BCUT2D eigenvalue weighted by Gasteiger charge is -2.29. The van der Waals surface area contributed by atoms with Crippen LogP contribution in [0, 0.1) is 0 Å². The van der Waals surface area contributed by atoms with Crippen LogP contribution in [0.4, 0.5) is 10.5 Å². The Balaban J connectivity index is 1.84. The number of hydrogen-bond acceptors (Lipinski definition) is 6. The number of hydrogen-bond donors (Lipinski definition) is 1. The number of nitrogens with one attached hydrogen (secondary N) is 1. The number of urea groups is 1. The van der Waals surface area contributed by atoms with Crippen LogP contribution in [0.1, 0.15) is 26.3 Å². The van der Waals surface area contributed by atoms with Gasteiger partial charge in [-0.15, -0.1) is 0 Å². The molecule has 3 rings (SSSR count). The third kappa shape index (κ3) is 4.70. The molecular formula is C23H27N3O6S. The summed E-state index contributed by atoms with van der Waals surface area (Å²) >= 11 is 0. The molecule has 10 heteroatoms. The molecule has 176 valence electrons. The lowest BCUT2D eigenvalue weighted by atomic mass is 9.92. The largest absolute Gasteiger partial charge is 0.497 e. The zero-order valence-electron chi connectivity index (χ0n) is 19.2. The molecule has 0 radical (unpaired) electrons. The molecule has 1 saturated heterocycles. The van der Waals surface area contributed by atoms with E-state index in [4.69, 9.17) is 4.74 Å². The van der Waals surface area contributed by atoms with Gasteiger partial charge in [-0.1, -0.05) is 12.1 Å². The van der Waals surface area contributed by atoms with Gasteiger partial charge >= 0.3 is 6.03 Å². The van der Waals surface area contributed by atoms with Crippen LogP contribution >= 0.6 is 0 Å². The summed E-state index contributed by atoms with van der Waals surface area (Å²) in [5.74, 6) is -0.401. The SMILES string of the molecule is COc1ccc(C2(C)NC(=O)N(CC(=O)N(c3ccc(S(C)(=O)=O)cc3)C(C)C)C2=O)cc1. The molecule has 4 amide bonds. The molecule has 1 fully saturated rings. The molecule has 1 aliphatic rings. The maximum atomic E-state index is 13.2. The summed E-state index contributed by atoms with van der Waals surface area (Å²) in [7, 11) is -1.85. The highest BCUT2D eigenvalue weighted by Gasteiger charge is 2.49. The molecule has 2 aromatic carbocycles. The summed E-state index contributed by atoms with van der Waals surface area (Å²) in [6.07, 6.45) is 1.10. The molecule has 0 bridgehead atoms. The summed E-state index contributed by atoms with van der Waals surface area (Å²) in [6.45, 7) is 4.71. The van der Waals surface area contributed by atoms with Crippen molar-refractivity contribution in [2.45, 2.75) is 37.2 Å². The van der Waals surface area contributed by atoms with Gasteiger partial charge in [0.05, 0.1) is 12.0 Å². The van der Waals surface area contributed by atoms with E-state index in [1.165, 1.54) is 36.3 Å². The zero-order chi connectivity index (χ0) is 24.6. The van der Waals surface area contributed by atoms with Crippen molar-refractivity contribution in [3.05, 3.63) is 54.1 Å². The van der Waals surface area contributed by atoms with Crippen molar-refractivity contribution in [2.75, 3.05) is 24.8 Å². The van der Waals surface area contributed by atoms with E-state index in [-0.39, 0.29) is 10.9 Å². The fourth-order valence-electron chi connectivity index (χ4n) is 3.76. The number of sulfone groups is 1. The Hall–Kier alpha value is -3.40. The average Bonchev–Trinajstić information content (AvgIpc) is 2.97. The first kappa shape index (κ1) is 24.2. The first-order valence-electron chi connectivity index (χ1n) is 10.3. The number of benzene rings is 2. The highest BCUT2D eigenvalue weighted by Crippen LogP contribution is 2.30. The van der Waals surface area contributed by atoms with Crippen molar-refractivity contribution in [3.8, 4) is 5.75 Å². The number of amides is 4. The van der Waals surface area contributed by atoms with E-state index in [9.17, 15) is 22.8 Å². The Morgan fingerprint density at radius 1 is 1.09 bits per heavy atom. The lowest BCUT2D eigenvalue weighted by molar-refractivity contribution is -0.134. The van der Waals surface area contributed by atoms with Gasteiger partial charge in [0.25, 0.3) is 5.91 Å². The second kappa shape index (κ2) is 8.86. The monoisotopic (exact) mass is 473 g/mol. The number of ether oxygens (including phenoxy) is 1. The van der Waals surface area contributed by atoms with Gasteiger partial charge in [-0.2, -0.15) is 0 Å². The lowest BCUT2D eigenvalue weighted by Crippen LogP contribution is -2.46. The van der Waals surface area contributed by atoms with Crippen molar-refractivity contribution in [3.63, 3.8) is 0 Å². The fraction of sp³-hybridized carbons (Fsp3) is 0.348. The number of imide groups is 1. The summed E-state index contributed by atoms with van der Waals surface area (Å²) in [5.41, 5.74) is -0.287.